The van der Waals surface area contributed by atoms with Crippen molar-refractivity contribution in [1.82, 2.24) is 0 Å². The molecule has 0 amide bonds. The molecule has 0 aliphatic heterocycles. The first-order valence-electron chi connectivity index (χ1n) is 6.52. The van der Waals surface area contributed by atoms with Crippen molar-refractivity contribution in [3.63, 3.8) is 0 Å². The summed E-state index contributed by atoms with van der Waals surface area (Å²) in [6, 6.07) is 13.4. The molecule has 4 heteroatoms. The zero-order chi connectivity index (χ0) is 14.5. The van der Waals surface area contributed by atoms with Crippen LogP contribution in [0.15, 0.2) is 42.5 Å². The highest BCUT2D eigenvalue weighted by atomic mass is 35.5. The second-order valence-electron chi connectivity index (χ2n) is 4.62. The third kappa shape index (κ3) is 3.89. The molecule has 2 nitrogen and oxygen atoms in total. The van der Waals surface area contributed by atoms with Crippen LogP contribution in [-0.4, -0.2) is 0 Å². The van der Waals surface area contributed by atoms with E-state index in [9.17, 15) is 0 Å². The van der Waals surface area contributed by atoms with Gasteiger partial charge < -0.3 is 10.5 Å². The maximum absolute atomic E-state index is 5.97. The summed E-state index contributed by atoms with van der Waals surface area (Å²) in [4.78, 5) is 0. The number of ether oxygens (including phenoxy) is 1. The molecule has 2 rings (SSSR count). The van der Waals surface area contributed by atoms with Crippen molar-refractivity contribution in [2.45, 2.75) is 26.0 Å². The number of hydrogen-bond donors (Lipinski definition) is 1. The fourth-order valence-corrected chi connectivity index (χ4v) is 2.16. The Morgan fingerprint density at radius 3 is 2.35 bits per heavy atom. The van der Waals surface area contributed by atoms with Crippen LogP contribution in [0.4, 0.5) is 0 Å². The Morgan fingerprint density at radius 2 is 1.75 bits per heavy atom. The lowest BCUT2D eigenvalue weighted by molar-refractivity contribution is 0.306. The topological polar surface area (TPSA) is 35.2 Å². The van der Waals surface area contributed by atoms with Gasteiger partial charge in [-0.05, 0) is 41.8 Å². The second kappa shape index (κ2) is 6.98. The van der Waals surface area contributed by atoms with Gasteiger partial charge in [-0.3, -0.25) is 0 Å². The molecule has 0 aromatic heterocycles. The van der Waals surface area contributed by atoms with E-state index >= 15 is 0 Å². The van der Waals surface area contributed by atoms with Crippen molar-refractivity contribution >= 4 is 23.2 Å². The van der Waals surface area contributed by atoms with Gasteiger partial charge in [0.15, 0.2) is 0 Å². The van der Waals surface area contributed by atoms with Crippen LogP contribution >= 0.6 is 23.2 Å². The van der Waals surface area contributed by atoms with Crippen molar-refractivity contribution < 1.29 is 4.74 Å². The van der Waals surface area contributed by atoms with Crippen molar-refractivity contribution in [1.29, 1.82) is 0 Å². The van der Waals surface area contributed by atoms with Gasteiger partial charge in [-0.2, -0.15) is 0 Å². The Bertz CT molecular complexity index is 569. The van der Waals surface area contributed by atoms with Crippen molar-refractivity contribution in [2.75, 3.05) is 0 Å². The van der Waals surface area contributed by atoms with E-state index in [1.807, 2.05) is 36.4 Å². The molecule has 2 aromatic rings. The molecule has 0 aliphatic rings. The molecule has 2 aromatic carbocycles. The van der Waals surface area contributed by atoms with Crippen LogP contribution in [0.25, 0.3) is 0 Å². The minimum absolute atomic E-state index is 0.0825. The number of nitrogens with two attached hydrogens (primary N) is 1. The Labute approximate surface area is 129 Å². The van der Waals surface area contributed by atoms with E-state index in [2.05, 4.69) is 6.92 Å². The lowest BCUT2D eigenvalue weighted by Crippen LogP contribution is -2.08. The highest BCUT2D eigenvalue weighted by Gasteiger charge is 2.04. The smallest absolute Gasteiger partial charge is 0.119 e. The number of rotatable bonds is 5. The van der Waals surface area contributed by atoms with E-state index in [-0.39, 0.29) is 6.04 Å². The monoisotopic (exact) mass is 309 g/mol. The molecule has 0 unspecified atom stereocenters. The third-order valence-electron chi connectivity index (χ3n) is 3.14. The van der Waals surface area contributed by atoms with Crippen molar-refractivity contribution in [3.8, 4) is 5.75 Å². The molecule has 106 valence electrons. The van der Waals surface area contributed by atoms with Crippen LogP contribution in [0.1, 0.15) is 30.5 Å². The van der Waals surface area contributed by atoms with E-state index in [4.69, 9.17) is 33.7 Å². The Kier molecular flexibility index (Phi) is 5.30. The molecular formula is C16H17Cl2NO. The highest BCUT2D eigenvalue weighted by Crippen LogP contribution is 2.24. The minimum atomic E-state index is 0.0825. The first-order chi connectivity index (χ1) is 9.60. The van der Waals surface area contributed by atoms with E-state index in [1.165, 1.54) is 0 Å². The van der Waals surface area contributed by atoms with E-state index in [0.29, 0.717) is 16.7 Å². The summed E-state index contributed by atoms with van der Waals surface area (Å²) in [7, 11) is 0. The van der Waals surface area contributed by atoms with Gasteiger partial charge in [0.25, 0.3) is 0 Å². The number of hydrogen-bond acceptors (Lipinski definition) is 2. The summed E-state index contributed by atoms with van der Waals surface area (Å²) in [5.41, 5.74) is 8.07. The van der Waals surface area contributed by atoms with Crippen LogP contribution in [0.5, 0.6) is 5.75 Å². The van der Waals surface area contributed by atoms with Gasteiger partial charge in [0, 0.05) is 6.04 Å². The molecule has 2 N–H and O–H groups in total. The van der Waals surface area contributed by atoms with Gasteiger partial charge in [-0.1, -0.05) is 48.3 Å². The largest absolute Gasteiger partial charge is 0.489 e. The molecule has 0 saturated heterocycles. The molecule has 0 aliphatic carbocycles. The summed E-state index contributed by atoms with van der Waals surface area (Å²) in [5, 5.41) is 1.09. The molecule has 0 fully saturated rings. The Balaban J connectivity index is 1.98. The fraction of sp³-hybridized carbons (Fsp3) is 0.250. The van der Waals surface area contributed by atoms with E-state index < -0.39 is 0 Å². The maximum Gasteiger partial charge on any atom is 0.119 e. The summed E-state index contributed by atoms with van der Waals surface area (Å²) in [6.07, 6.45) is 0.920. The summed E-state index contributed by atoms with van der Waals surface area (Å²) in [6.45, 7) is 2.52. The van der Waals surface area contributed by atoms with Gasteiger partial charge in [0.05, 0.1) is 10.0 Å². The predicted octanol–water partition coefficient (Wildman–Crippen LogP) is 4.98. The average Bonchev–Trinajstić information content (AvgIpc) is 2.48. The van der Waals surface area contributed by atoms with Gasteiger partial charge in [0.1, 0.15) is 12.4 Å². The summed E-state index contributed by atoms with van der Waals surface area (Å²) >= 11 is 11.8. The SMILES string of the molecule is CC[C@H](N)c1ccc(OCc2ccc(Cl)c(Cl)c2)cc1. The summed E-state index contributed by atoms with van der Waals surface area (Å²) in [5.74, 6) is 0.808. The quantitative estimate of drug-likeness (QED) is 0.845. The van der Waals surface area contributed by atoms with Gasteiger partial charge in [-0.15, -0.1) is 0 Å². The minimum Gasteiger partial charge on any atom is -0.489 e. The van der Waals surface area contributed by atoms with E-state index in [0.717, 1.165) is 23.3 Å². The molecule has 0 heterocycles. The molecule has 1 atom stereocenters. The summed E-state index contributed by atoms with van der Waals surface area (Å²) < 4.78 is 5.71. The van der Waals surface area contributed by atoms with Crippen LogP contribution in [0, 0.1) is 0 Å². The second-order valence-corrected chi connectivity index (χ2v) is 5.44. The van der Waals surface area contributed by atoms with Gasteiger partial charge in [-0.25, -0.2) is 0 Å². The molecule has 0 spiro atoms. The first kappa shape index (κ1) is 15.2. The number of benzene rings is 2. The standard InChI is InChI=1S/C16H17Cl2NO/c1-2-16(19)12-4-6-13(7-5-12)20-10-11-3-8-14(17)15(18)9-11/h3-9,16H,2,10,19H2,1H3/t16-/m0/s1. The fourth-order valence-electron chi connectivity index (χ4n) is 1.84. The zero-order valence-corrected chi connectivity index (χ0v) is 12.8. The molecule has 0 saturated carbocycles. The van der Waals surface area contributed by atoms with Crippen LogP contribution in [-0.2, 0) is 6.61 Å². The maximum atomic E-state index is 5.97. The third-order valence-corrected chi connectivity index (χ3v) is 3.88. The van der Waals surface area contributed by atoms with Crippen molar-refractivity contribution in [3.05, 3.63) is 63.6 Å². The molecule has 0 radical (unpaired) electrons. The highest BCUT2D eigenvalue weighted by molar-refractivity contribution is 6.42. The lowest BCUT2D eigenvalue weighted by atomic mass is 10.1. The Hall–Kier alpha value is -1.22. The predicted molar refractivity (Wildman–Crippen MR) is 84.5 cm³/mol. The molecule has 20 heavy (non-hydrogen) atoms. The van der Waals surface area contributed by atoms with Crippen LogP contribution < -0.4 is 10.5 Å². The average molecular weight is 310 g/mol. The molecular weight excluding hydrogens is 293 g/mol. The van der Waals surface area contributed by atoms with Crippen molar-refractivity contribution in [2.24, 2.45) is 5.73 Å². The van der Waals surface area contributed by atoms with Crippen LogP contribution in [0.2, 0.25) is 10.0 Å². The van der Waals surface area contributed by atoms with Crippen LogP contribution in [0.3, 0.4) is 0 Å². The normalized spacial score (nSPS) is 12.2. The van der Waals surface area contributed by atoms with Gasteiger partial charge >= 0.3 is 0 Å². The first-order valence-corrected chi connectivity index (χ1v) is 7.28. The zero-order valence-electron chi connectivity index (χ0n) is 11.3. The lowest BCUT2D eigenvalue weighted by Gasteiger charge is -2.11. The molecule has 0 bridgehead atoms. The van der Waals surface area contributed by atoms with Gasteiger partial charge in [0.2, 0.25) is 0 Å². The Morgan fingerprint density at radius 1 is 1.05 bits per heavy atom. The van der Waals surface area contributed by atoms with E-state index in [1.54, 1.807) is 6.07 Å². The number of halogens is 2.